The molecule has 1 N–H and O–H groups in total. The minimum Gasteiger partial charge on any atom is -0.396 e. The van der Waals surface area contributed by atoms with Gasteiger partial charge in [0.05, 0.1) is 0 Å². The van der Waals surface area contributed by atoms with Crippen LogP contribution in [0.25, 0.3) is 0 Å². The van der Waals surface area contributed by atoms with Gasteiger partial charge in [-0.25, -0.2) is 0 Å². The molecular weight excluding hydrogens is 148 g/mol. The molecule has 0 amide bonds. The Kier molecular flexibility index (Phi) is 3.81. The van der Waals surface area contributed by atoms with Crippen molar-refractivity contribution in [1.82, 2.24) is 0 Å². The van der Waals surface area contributed by atoms with Gasteiger partial charge in [0.2, 0.25) is 0 Å². The number of benzene rings is 1. The molecule has 0 bridgehead atoms. The first-order valence-corrected chi connectivity index (χ1v) is 4.55. The molecule has 0 saturated carbocycles. The molecule has 0 radical (unpaired) electrons. The van der Waals surface area contributed by atoms with Crippen molar-refractivity contribution in [2.75, 3.05) is 6.61 Å². The summed E-state index contributed by atoms with van der Waals surface area (Å²) in [7, 11) is 0. The first-order valence-electron chi connectivity index (χ1n) is 4.55. The van der Waals surface area contributed by atoms with E-state index in [1.807, 2.05) is 0 Å². The predicted molar refractivity (Wildman–Crippen MR) is 51.2 cm³/mol. The van der Waals surface area contributed by atoms with E-state index in [4.69, 9.17) is 5.11 Å². The molecule has 1 nitrogen and oxygen atoms in total. The molecule has 12 heavy (non-hydrogen) atoms. The maximum atomic E-state index is 8.74. The highest BCUT2D eigenvalue weighted by Crippen LogP contribution is 2.07. The van der Waals surface area contributed by atoms with Gasteiger partial charge in [-0.15, -0.1) is 0 Å². The lowest BCUT2D eigenvalue weighted by Crippen LogP contribution is -1.92. The van der Waals surface area contributed by atoms with Crippen molar-refractivity contribution < 1.29 is 5.11 Å². The molecule has 0 atom stereocenters. The average Bonchev–Trinajstić information content (AvgIpc) is 2.06. The van der Waals surface area contributed by atoms with Crippen LogP contribution in [0, 0.1) is 0 Å². The second-order valence-corrected chi connectivity index (χ2v) is 3.04. The fourth-order valence-electron chi connectivity index (χ4n) is 1.36. The largest absolute Gasteiger partial charge is 0.396 e. The minimum absolute atomic E-state index is 0.246. The molecule has 0 aliphatic rings. The normalized spacial score (nSPS) is 10.2. The second kappa shape index (κ2) is 4.94. The topological polar surface area (TPSA) is 20.2 Å². The molecule has 1 rings (SSSR count). The van der Waals surface area contributed by atoms with E-state index >= 15 is 0 Å². The van der Waals surface area contributed by atoms with Crippen molar-refractivity contribution in [2.24, 2.45) is 0 Å². The van der Waals surface area contributed by atoms with Crippen molar-refractivity contribution >= 4 is 0 Å². The summed E-state index contributed by atoms with van der Waals surface area (Å²) in [4.78, 5) is 0. The van der Waals surface area contributed by atoms with Gasteiger partial charge in [0.25, 0.3) is 0 Å². The number of hydrogen-bond donors (Lipinski definition) is 1. The van der Waals surface area contributed by atoms with E-state index < -0.39 is 0 Å². The van der Waals surface area contributed by atoms with Crippen molar-refractivity contribution in [2.45, 2.75) is 26.2 Å². The summed E-state index contributed by atoms with van der Waals surface area (Å²) < 4.78 is 0. The lowest BCUT2D eigenvalue weighted by Gasteiger charge is -2.01. The molecule has 0 aliphatic heterocycles. The predicted octanol–water partition coefficient (Wildman–Crippen LogP) is 2.17. The molecule has 1 aromatic rings. The minimum atomic E-state index is 0.246. The van der Waals surface area contributed by atoms with Gasteiger partial charge in [0, 0.05) is 6.61 Å². The Morgan fingerprint density at radius 3 is 2.42 bits per heavy atom. The SMILES string of the molecule is CCCc1cccc(CCO)c1. The summed E-state index contributed by atoms with van der Waals surface area (Å²) in [6, 6.07) is 8.45. The Balaban J connectivity index is 2.67. The lowest BCUT2D eigenvalue weighted by atomic mass is 10.1. The van der Waals surface area contributed by atoms with Crippen molar-refractivity contribution in [3.63, 3.8) is 0 Å². The molecule has 0 aliphatic carbocycles. The summed E-state index contributed by atoms with van der Waals surface area (Å²) in [6.45, 7) is 2.42. The van der Waals surface area contributed by atoms with E-state index in [9.17, 15) is 0 Å². The van der Waals surface area contributed by atoms with E-state index in [0.717, 1.165) is 12.8 Å². The maximum absolute atomic E-state index is 8.74. The average molecular weight is 164 g/mol. The zero-order valence-corrected chi connectivity index (χ0v) is 7.59. The highest BCUT2D eigenvalue weighted by atomic mass is 16.2. The second-order valence-electron chi connectivity index (χ2n) is 3.04. The van der Waals surface area contributed by atoms with Crippen LogP contribution >= 0.6 is 0 Å². The quantitative estimate of drug-likeness (QED) is 0.723. The number of aryl methyl sites for hydroxylation is 1. The molecule has 0 spiro atoms. The molecule has 0 saturated heterocycles. The van der Waals surface area contributed by atoms with Crippen LogP contribution < -0.4 is 0 Å². The molecular formula is C11H16O. The van der Waals surface area contributed by atoms with Gasteiger partial charge in [-0.05, 0) is 24.0 Å². The van der Waals surface area contributed by atoms with Gasteiger partial charge in [-0.3, -0.25) is 0 Å². The van der Waals surface area contributed by atoms with Gasteiger partial charge in [-0.2, -0.15) is 0 Å². The van der Waals surface area contributed by atoms with Crippen molar-refractivity contribution in [3.8, 4) is 0 Å². The number of hydrogen-bond acceptors (Lipinski definition) is 1. The van der Waals surface area contributed by atoms with E-state index in [0.29, 0.717) is 0 Å². The van der Waals surface area contributed by atoms with Gasteiger partial charge in [-0.1, -0.05) is 37.6 Å². The van der Waals surface area contributed by atoms with Crippen LogP contribution in [-0.4, -0.2) is 11.7 Å². The third-order valence-electron chi connectivity index (χ3n) is 1.93. The molecule has 0 fully saturated rings. The van der Waals surface area contributed by atoms with Gasteiger partial charge in [0.1, 0.15) is 0 Å². The van der Waals surface area contributed by atoms with Gasteiger partial charge in [0.15, 0.2) is 0 Å². The standard InChI is InChI=1S/C11H16O/c1-2-4-10-5-3-6-11(9-10)7-8-12/h3,5-6,9,12H,2,4,7-8H2,1H3. The Morgan fingerprint density at radius 1 is 1.17 bits per heavy atom. The third kappa shape index (κ3) is 2.67. The van der Waals surface area contributed by atoms with Crippen LogP contribution in [0.5, 0.6) is 0 Å². The lowest BCUT2D eigenvalue weighted by molar-refractivity contribution is 0.299. The third-order valence-corrected chi connectivity index (χ3v) is 1.93. The van der Waals surface area contributed by atoms with Crippen LogP contribution in [0.1, 0.15) is 24.5 Å². The fourth-order valence-corrected chi connectivity index (χ4v) is 1.36. The van der Waals surface area contributed by atoms with Gasteiger partial charge < -0.3 is 5.11 Å². The highest BCUT2D eigenvalue weighted by molar-refractivity contribution is 5.23. The maximum Gasteiger partial charge on any atom is 0.0471 e. The Morgan fingerprint density at radius 2 is 1.83 bits per heavy atom. The van der Waals surface area contributed by atoms with Crippen LogP contribution in [0.15, 0.2) is 24.3 Å². The number of aliphatic hydroxyl groups excluding tert-OH is 1. The van der Waals surface area contributed by atoms with E-state index in [2.05, 4.69) is 31.2 Å². The molecule has 0 unspecified atom stereocenters. The number of aliphatic hydroxyl groups is 1. The Hall–Kier alpha value is -0.820. The monoisotopic (exact) mass is 164 g/mol. The van der Waals surface area contributed by atoms with Crippen molar-refractivity contribution in [3.05, 3.63) is 35.4 Å². The zero-order valence-electron chi connectivity index (χ0n) is 7.59. The smallest absolute Gasteiger partial charge is 0.0471 e. The van der Waals surface area contributed by atoms with E-state index in [1.54, 1.807) is 0 Å². The highest BCUT2D eigenvalue weighted by Gasteiger charge is 1.93. The fraction of sp³-hybridized carbons (Fsp3) is 0.455. The Bertz CT molecular complexity index is 209. The van der Waals surface area contributed by atoms with Crippen LogP contribution in [0.3, 0.4) is 0 Å². The summed E-state index contributed by atoms with van der Waals surface area (Å²) in [5.74, 6) is 0. The van der Waals surface area contributed by atoms with Gasteiger partial charge >= 0.3 is 0 Å². The van der Waals surface area contributed by atoms with Crippen molar-refractivity contribution in [1.29, 1.82) is 0 Å². The van der Waals surface area contributed by atoms with E-state index in [-0.39, 0.29) is 6.61 Å². The first kappa shape index (κ1) is 9.27. The molecule has 66 valence electrons. The molecule has 1 heteroatoms. The van der Waals surface area contributed by atoms with Crippen LogP contribution in [0.4, 0.5) is 0 Å². The zero-order chi connectivity index (χ0) is 8.81. The molecule has 0 heterocycles. The summed E-state index contributed by atoms with van der Waals surface area (Å²) in [5, 5.41) is 8.74. The molecule has 1 aromatic carbocycles. The summed E-state index contributed by atoms with van der Waals surface area (Å²) in [6.07, 6.45) is 3.10. The number of rotatable bonds is 4. The summed E-state index contributed by atoms with van der Waals surface area (Å²) in [5.41, 5.74) is 2.62. The first-order chi connectivity index (χ1) is 5.86. The van der Waals surface area contributed by atoms with Crippen LogP contribution in [-0.2, 0) is 12.8 Å². The Labute approximate surface area is 74.1 Å². The summed E-state index contributed by atoms with van der Waals surface area (Å²) >= 11 is 0. The molecule has 0 aromatic heterocycles. The van der Waals surface area contributed by atoms with E-state index in [1.165, 1.54) is 17.5 Å². The van der Waals surface area contributed by atoms with Crippen LogP contribution in [0.2, 0.25) is 0 Å².